The molecule has 0 fully saturated rings. The Bertz CT molecular complexity index is 345. The van der Waals surface area contributed by atoms with Gasteiger partial charge in [0.2, 0.25) is 0 Å². The van der Waals surface area contributed by atoms with Crippen molar-refractivity contribution in [3.63, 3.8) is 0 Å². The van der Waals surface area contributed by atoms with E-state index in [0.29, 0.717) is 11.6 Å². The first kappa shape index (κ1) is 10.8. The molecule has 1 rings (SSSR count). The van der Waals surface area contributed by atoms with E-state index in [1.54, 1.807) is 25.1 Å². The van der Waals surface area contributed by atoms with Gasteiger partial charge in [0, 0.05) is 11.1 Å². The van der Waals surface area contributed by atoms with Crippen LogP contribution >= 0.6 is 11.6 Å². The van der Waals surface area contributed by atoms with Crippen molar-refractivity contribution in [3.8, 4) is 0 Å². The van der Waals surface area contributed by atoms with E-state index >= 15 is 0 Å². The Morgan fingerprint density at radius 3 is 3.00 bits per heavy atom. The second kappa shape index (κ2) is 5.45. The number of carbonyl (C=O) groups is 1. The minimum absolute atomic E-state index is 0.340. The van der Waals surface area contributed by atoms with E-state index in [0.717, 1.165) is 5.56 Å². The molecular formula is C11H11ClO2. The number of ether oxygens (including phenoxy) is 1. The van der Waals surface area contributed by atoms with Crippen molar-refractivity contribution in [1.82, 2.24) is 0 Å². The summed E-state index contributed by atoms with van der Waals surface area (Å²) in [6, 6.07) is 7.25. The van der Waals surface area contributed by atoms with Gasteiger partial charge in [0.05, 0.1) is 6.61 Å². The molecule has 0 saturated carbocycles. The summed E-state index contributed by atoms with van der Waals surface area (Å²) >= 11 is 5.77. The Hall–Kier alpha value is -1.28. The zero-order valence-corrected chi connectivity index (χ0v) is 8.62. The van der Waals surface area contributed by atoms with Crippen molar-refractivity contribution in [2.75, 3.05) is 6.61 Å². The summed E-state index contributed by atoms with van der Waals surface area (Å²) in [7, 11) is 0. The first-order chi connectivity index (χ1) is 6.72. The normalized spacial score (nSPS) is 10.4. The standard InChI is InChI=1S/C11H11ClO2/c1-2-14-11(13)7-6-9-4-3-5-10(12)8-9/h3-8H,2H2,1H3. The monoisotopic (exact) mass is 210 g/mol. The van der Waals surface area contributed by atoms with Crippen molar-refractivity contribution < 1.29 is 9.53 Å². The molecule has 0 aliphatic carbocycles. The molecule has 2 nitrogen and oxygen atoms in total. The van der Waals surface area contributed by atoms with Crippen LogP contribution in [0.1, 0.15) is 12.5 Å². The van der Waals surface area contributed by atoms with E-state index in [4.69, 9.17) is 16.3 Å². The number of benzene rings is 1. The maximum atomic E-state index is 11.0. The van der Waals surface area contributed by atoms with Crippen molar-refractivity contribution in [1.29, 1.82) is 0 Å². The third kappa shape index (κ3) is 3.62. The minimum Gasteiger partial charge on any atom is -0.463 e. The Kier molecular flexibility index (Phi) is 4.20. The van der Waals surface area contributed by atoms with Gasteiger partial charge in [-0.15, -0.1) is 0 Å². The average Bonchev–Trinajstić information content (AvgIpc) is 2.15. The summed E-state index contributed by atoms with van der Waals surface area (Å²) in [5.41, 5.74) is 0.880. The van der Waals surface area contributed by atoms with E-state index in [2.05, 4.69) is 0 Å². The molecule has 0 saturated heterocycles. The predicted molar refractivity (Wildman–Crippen MR) is 57.1 cm³/mol. The number of rotatable bonds is 3. The highest BCUT2D eigenvalue weighted by Crippen LogP contribution is 2.11. The van der Waals surface area contributed by atoms with E-state index in [-0.39, 0.29) is 5.97 Å². The summed E-state index contributed by atoms with van der Waals surface area (Å²) in [5, 5.41) is 0.649. The fourth-order valence-corrected chi connectivity index (χ4v) is 1.16. The third-order valence-corrected chi connectivity index (χ3v) is 1.78. The van der Waals surface area contributed by atoms with Crippen LogP contribution in [0.25, 0.3) is 6.08 Å². The number of hydrogen-bond acceptors (Lipinski definition) is 2. The largest absolute Gasteiger partial charge is 0.463 e. The maximum Gasteiger partial charge on any atom is 0.330 e. The highest BCUT2D eigenvalue weighted by molar-refractivity contribution is 6.30. The fraction of sp³-hybridized carbons (Fsp3) is 0.182. The molecular weight excluding hydrogens is 200 g/mol. The zero-order chi connectivity index (χ0) is 10.4. The highest BCUT2D eigenvalue weighted by Gasteiger charge is 1.94. The number of halogens is 1. The first-order valence-electron chi connectivity index (χ1n) is 4.33. The van der Waals surface area contributed by atoms with E-state index < -0.39 is 0 Å². The van der Waals surface area contributed by atoms with Crippen LogP contribution in [0.4, 0.5) is 0 Å². The Labute approximate surface area is 88.1 Å². The van der Waals surface area contributed by atoms with Gasteiger partial charge >= 0.3 is 5.97 Å². The molecule has 0 amide bonds. The van der Waals surface area contributed by atoms with E-state index in [1.807, 2.05) is 12.1 Å². The lowest BCUT2D eigenvalue weighted by atomic mass is 10.2. The average molecular weight is 211 g/mol. The Balaban J connectivity index is 2.64. The van der Waals surface area contributed by atoms with E-state index in [1.165, 1.54) is 6.08 Å². The van der Waals surface area contributed by atoms with Gasteiger partial charge in [-0.3, -0.25) is 0 Å². The lowest BCUT2D eigenvalue weighted by Crippen LogP contribution is -1.98. The van der Waals surface area contributed by atoms with Crippen LogP contribution in [0.2, 0.25) is 5.02 Å². The van der Waals surface area contributed by atoms with Crippen LogP contribution < -0.4 is 0 Å². The molecule has 74 valence electrons. The van der Waals surface area contributed by atoms with Crippen LogP contribution in [0.15, 0.2) is 30.3 Å². The maximum absolute atomic E-state index is 11.0. The third-order valence-electron chi connectivity index (χ3n) is 1.55. The quantitative estimate of drug-likeness (QED) is 0.567. The molecule has 0 aliphatic rings. The molecule has 3 heteroatoms. The van der Waals surface area contributed by atoms with Crippen LogP contribution in [0.3, 0.4) is 0 Å². The summed E-state index contributed by atoms with van der Waals surface area (Å²) < 4.78 is 4.74. The number of hydrogen-bond donors (Lipinski definition) is 0. The van der Waals surface area contributed by atoms with Gasteiger partial charge in [0.15, 0.2) is 0 Å². The molecule has 0 heterocycles. The van der Waals surface area contributed by atoms with Crippen LogP contribution in [0.5, 0.6) is 0 Å². The van der Waals surface area contributed by atoms with E-state index in [9.17, 15) is 4.79 Å². The molecule has 0 radical (unpaired) electrons. The second-order valence-electron chi connectivity index (χ2n) is 2.64. The Morgan fingerprint density at radius 1 is 1.57 bits per heavy atom. The van der Waals surface area contributed by atoms with Gasteiger partial charge in [-0.1, -0.05) is 23.7 Å². The molecule has 0 aromatic heterocycles. The van der Waals surface area contributed by atoms with Crippen molar-refractivity contribution in [3.05, 3.63) is 40.9 Å². The molecule has 1 aromatic carbocycles. The smallest absolute Gasteiger partial charge is 0.330 e. The lowest BCUT2D eigenvalue weighted by Gasteiger charge is -1.95. The molecule has 0 aliphatic heterocycles. The van der Waals surface area contributed by atoms with Gasteiger partial charge in [-0.05, 0) is 30.7 Å². The number of esters is 1. The molecule has 0 unspecified atom stereocenters. The summed E-state index contributed by atoms with van der Waals surface area (Å²) in [4.78, 5) is 11.0. The SMILES string of the molecule is CCOC(=O)C=Cc1cccc(Cl)c1. The highest BCUT2D eigenvalue weighted by atomic mass is 35.5. The molecule has 0 N–H and O–H groups in total. The molecule has 0 bridgehead atoms. The molecule has 14 heavy (non-hydrogen) atoms. The summed E-state index contributed by atoms with van der Waals surface area (Å²) in [6.45, 7) is 2.16. The van der Waals surface area contributed by atoms with Gasteiger partial charge in [0.25, 0.3) is 0 Å². The van der Waals surface area contributed by atoms with Crippen molar-refractivity contribution in [2.45, 2.75) is 6.92 Å². The molecule has 0 atom stereocenters. The van der Waals surface area contributed by atoms with Crippen molar-refractivity contribution >= 4 is 23.6 Å². The fourth-order valence-electron chi connectivity index (χ4n) is 0.965. The summed E-state index contributed by atoms with van der Waals surface area (Å²) in [6.07, 6.45) is 3.05. The minimum atomic E-state index is -0.340. The topological polar surface area (TPSA) is 26.3 Å². The van der Waals surface area contributed by atoms with Gasteiger partial charge in [-0.25, -0.2) is 4.79 Å². The molecule has 1 aromatic rings. The lowest BCUT2D eigenvalue weighted by molar-refractivity contribution is -0.137. The summed E-state index contributed by atoms with van der Waals surface area (Å²) in [5.74, 6) is -0.340. The van der Waals surface area contributed by atoms with Crippen molar-refractivity contribution in [2.24, 2.45) is 0 Å². The van der Waals surface area contributed by atoms with Gasteiger partial charge in [0.1, 0.15) is 0 Å². The van der Waals surface area contributed by atoms with Crippen LogP contribution in [-0.2, 0) is 9.53 Å². The first-order valence-corrected chi connectivity index (χ1v) is 4.70. The number of carbonyl (C=O) groups excluding carboxylic acids is 1. The van der Waals surface area contributed by atoms with Gasteiger partial charge in [-0.2, -0.15) is 0 Å². The Morgan fingerprint density at radius 2 is 2.36 bits per heavy atom. The van der Waals surface area contributed by atoms with Gasteiger partial charge < -0.3 is 4.74 Å². The van der Waals surface area contributed by atoms with Crippen LogP contribution in [-0.4, -0.2) is 12.6 Å². The molecule has 0 spiro atoms. The second-order valence-corrected chi connectivity index (χ2v) is 3.08. The zero-order valence-electron chi connectivity index (χ0n) is 7.87. The predicted octanol–water partition coefficient (Wildman–Crippen LogP) is 2.92. The van der Waals surface area contributed by atoms with Crippen LogP contribution in [0, 0.1) is 0 Å².